The highest BCUT2D eigenvalue weighted by molar-refractivity contribution is 5.83. The first-order valence-electron chi connectivity index (χ1n) is 6.30. The molecule has 1 heterocycles. The van der Waals surface area contributed by atoms with Gasteiger partial charge in [0.1, 0.15) is 11.9 Å². The second-order valence-electron chi connectivity index (χ2n) is 5.03. The summed E-state index contributed by atoms with van der Waals surface area (Å²) < 4.78 is 5.50. The van der Waals surface area contributed by atoms with Gasteiger partial charge in [-0.25, -0.2) is 0 Å². The fourth-order valence-electron chi connectivity index (χ4n) is 1.57. The molecule has 6 nitrogen and oxygen atoms in total. The third-order valence-electron chi connectivity index (χ3n) is 2.51. The van der Waals surface area contributed by atoms with E-state index < -0.39 is 11.9 Å². The van der Waals surface area contributed by atoms with Crippen molar-refractivity contribution in [3.8, 4) is 5.88 Å². The van der Waals surface area contributed by atoms with E-state index in [1.54, 1.807) is 12.1 Å². The van der Waals surface area contributed by atoms with Crippen molar-refractivity contribution < 1.29 is 9.53 Å². The molecule has 5 N–H and O–H groups in total. The topological polar surface area (TPSA) is 103 Å². The number of pyridine rings is 1. The molecule has 6 heteroatoms. The van der Waals surface area contributed by atoms with Crippen molar-refractivity contribution in [2.75, 3.05) is 11.1 Å². The van der Waals surface area contributed by atoms with Gasteiger partial charge in [-0.2, -0.15) is 4.98 Å². The van der Waals surface area contributed by atoms with Gasteiger partial charge in [0.15, 0.2) is 0 Å². The van der Waals surface area contributed by atoms with Gasteiger partial charge in [-0.15, -0.1) is 0 Å². The SMILES string of the molecule is CC(C)Oc1nc(NC(C(N)=O)C(C)C)ccc1N. The summed E-state index contributed by atoms with van der Waals surface area (Å²) in [6.07, 6.45) is -0.0258. The summed E-state index contributed by atoms with van der Waals surface area (Å²) in [7, 11) is 0. The molecule has 1 unspecified atom stereocenters. The molecule has 106 valence electrons. The summed E-state index contributed by atoms with van der Waals surface area (Å²) >= 11 is 0. The fraction of sp³-hybridized carbons (Fsp3) is 0.538. The van der Waals surface area contributed by atoms with Gasteiger partial charge in [0.25, 0.3) is 0 Å². The lowest BCUT2D eigenvalue weighted by Gasteiger charge is -2.20. The zero-order valence-corrected chi connectivity index (χ0v) is 11.8. The maximum Gasteiger partial charge on any atom is 0.240 e. The number of nitrogens with zero attached hydrogens (tertiary/aromatic N) is 1. The number of anilines is 2. The van der Waals surface area contributed by atoms with Crippen LogP contribution >= 0.6 is 0 Å². The van der Waals surface area contributed by atoms with Crippen LogP contribution in [-0.2, 0) is 4.79 Å². The van der Waals surface area contributed by atoms with Gasteiger partial charge in [-0.1, -0.05) is 13.8 Å². The summed E-state index contributed by atoms with van der Waals surface area (Å²) in [6.45, 7) is 7.60. The molecule has 0 saturated carbocycles. The van der Waals surface area contributed by atoms with Crippen molar-refractivity contribution in [1.82, 2.24) is 4.98 Å². The van der Waals surface area contributed by atoms with Crippen molar-refractivity contribution in [3.63, 3.8) is 0 Å². The van der Waals surface area contributed by atoms with Crippen LogP contribution in [0.2, 0.25) is 0 Å². The standard InChI is InChI=1S/C13H22N4O2/c1-7(2)11(12(15)18)16-10-6-5-9(14)13(17-10)19-8(3)4/h5-8,11H,14H2,1-4H3,(H2,15,18)(H,16,17). The van der Waals surface area contributed by atoms with Crippen LogP contribution in [-0.4, -0.2) is 23.0 Å². The Labute approximate surface area is 113 Å². The van der Waals surface area contributed by atoms with Gasteiger partial charge >= 0.3 is 0 Å². The van der Waals surface area contributed by atoms with Crippen LogP contribution in [0, 0.1) is 5.92 Å². The van der Waals surface area contributed by atoms with Crippen molar-refractivity contribution in [3.05, 3.63) is 12.1 Å². The number of aromatic nitrogens is 1. The highest BCUT2D eigenvalue weighted by Gasteiger charge is 2.20. The predicted octanol–water partition coefficient (Wildman–Crippen LogP) is 1.37. The number of hydrogen-bond acceptors (Lipinski definition) is 5. The molecule has 1 atom stereocenters. The molecule has 0 saturated heterocycles. The molecular weight excluding hydrogens is 244 g/mol. The zero-order valence-electron chi connectivity index (χ0n) is 11.8. The molecule has 1 amide bonds. The molecule has 0 radical (unpaired) electrons. The van der Waals surface area contributed by atoms with E-state index in [1.165, 1.54) is 0 Å². The Morgan fingerprint density at radius 3 is 2.42 bits per heavy atom. The second kappa shape index (κ2) is 6.26. The summed E-state index contributed by atoms with van der Waals surface area (Å²) in [5.41, 5.74) is 11.6. The zero-order chi connectivity index (χ0) is 14.6. The van der Waals surface area contributed by atoms with E-state index in [2.05, 4.69) is 10.3 Å². The van der Waals surface area contributed by atoms with Crippen molar-refractivity contribution in [2.24, 2.45) is 11.7 Å². The normalized spacial score (nSPS) is 12.5. The van der Waals surface area contributed by atoms with Crippen LogP contribution in [0.25, 0.3) is 0 Å². The Hall–Kier alpha value is -1.98. The fourth-order valence-corrected chi connectivity index (χ4v) is 1.57. The number of nitrogens with one attached hydrogen (secondary N) is 1. The Balaban J connectivity index is 2.92. The van der Waals surface area contributed by atoms with E-state index in [4.69, 9.17) is 16.2 Å². The quantitative estimate of drug-likeness (QED) is 0.721. The number of hydrogen-bond donors (Lipinski definition) is 3. The molecule has 0 bridgehead atoms. The summed E-state index contributed by atoms with van der Waals surface area (Å²) in [5.74, 6) is 0.514. The first kappa shape index (κ1) is 15.1. The van der Waals surface area contributed by atoms with Gasteiger partial charge in [-0.3, -0.25) is 4.79 Å². The maximum absolute atomic E-state index is 11.4. The van der Waals surface area contributed by atoms with Crippen molar-refractivity contribution in [2.45, 2.75) is 39.8 Å². The van der Waals surface area contributed by atoms with E-state index in [0.717, 1.165) is 0 Å². The molecule has 0 spiro atoms. The van der Waals surface area contributed by atoms with E-state index in [0.29, 0.717) is 17.4 Å². The molecule has 0 aliphatic carbocycles. The highest BCUT2D eigenvalue weighted by Crippen LogP contribution is 2.23. The van der Waals surface area contributed by atoms with E-state index in [1.807, 2.05) is 27.7 Å². The number of rotatable bonds is 6. The number of primary amides is 1. The number of nitrogens with two attached hydrogens (primary N) is 2. The molecule has 0 aliphatic heterocycles. The Bertz CT molecular complexity index is 446. The van der Waals surface area contributed by atoms with E-state index in [9.17, 15) is 4.79 Å². The minimum Gasteiger partial charge on any atom is -0.473 e. The Morgan fingerprint density at radius 1 is 1.32 bits per heavy atom. The number of carbonyl (C=O) groups is 1. The minimum absolute atomic E-state index is 0.0258. The summed E-state index contributed by atoms with van der Waals surface area (Å²) in [6, 6.07) is 2.90. The van der Waals surface area contributed by atoms with Crippen LogP contribution in [0.15, 0.2) is 12.1 Å². The lowest BCUT2D eigenvalue weighted by Crippen LogP contribution is -2.39. The van der Waals surface area contributed by atoms with Crippen molar-refractivity contribution >= 4 is 17.4 Å². The van der Waals surface area contributed by atoms with Gasteiger partial charge in [0.2, 0.25) is 11.8 Å². The Morgan fingerprint density at radius 2 is 1.95 bits per heavy atom. The number of nitrogen functional groups attached to an aromatic ring is 1. The molecule has 19 heavy (non-hydrogen) atoms. The monoisotopic (exact) mass is 266 g/mol. The van der Waals surface area contributed by atoms with Crippen LogP contribution in [0.4, 0.5) is 11.5 Å². The lowest BCUT2D eigenvalue weighted by atomic mass is 10.0. The van der Waals surface area contributed by atoms with Gasteiger partial charge < -0.3 is 21.5 Å². The maximum atomic E-state index is 11.4. The number of carbonyl (C=O) groups excluding carboxylic acids is 1. The van der Waals surface area contributed by atoms with Gasteiger partial charge in [0.05, 0.1) is 11.8 Å². The number of amides is 1. The average molecular weight is 266 g/mol. The summed E-state index contributed by atoms with van der Waals surface area (Å²) in [4.78, 5) is 15.6. The molecular formula is C13H22N4O2. The molecule has 0 aromatic carbocycles. The molecule has 1 aromatic rings. The predicted molar refractivity (Wildman–Crippen MR) is 75.9 cm³/mol. The molecule has 1 aromatic heterocycles. The van der Waals surface area contributed by atoms with Gasteiger partial charge in [-0.05, 0) is 31.9 Å². The lowest BCUT2D eigenvalue weighted by molar-refractivity contribution is -0.119. The third kappa shape index (κ3) is 4.31. The van der Waals surface area contributed by atoms with Gasteiger partial charge in [0, 0.05) is 0 Å². The van der Waals surface area contributed by atoms with E-state index >= 15 is 0 Å². The van der Waals surface area contributed by atoms with Crippen LogP contribution in [0.1, 0.15) is 27.7 Å². The van der Waals surface area contributed by atoms with Crippen molar-refractivity contribution in [1.29, 1.82) is 0 Å². The molecule has 0 fully saturated rings. The smallest absolute Gasteiger partial charge is 0.240 e. The largest absolute Gasteiger partial charge is 0.473 e. The Kier molecular flexibility index (Phi) is 4.97. The average Bonchev–Trinajstić information content (AvgIpc) is 2.28. The summed E-state index contributed by atoms with van der Waals surface area (Å²) in [5, 5.41) is 3.00. The highest BCUT2D eigenvalue weighted by atomic mass is 16.5. The minimum atomic E-state index is -0.483. The van der Waals surface area contributed by atoms with Crippen LogP contribution in [0.5, 0.6) is 5.88 Å². The van der Waals surface area contributed by atoms with E-state index in [-0.39, 0.29) is 12.0 Å². The van der Waals surface area contributed by atoms with Crippen LogP contribution < -0.4 is 21.5 Å². The molecule has 0 aliphatic rings. The number of ether oxygens (including phenoxy) is 1. The van der Waals surface area contributed by atoms with Crippen LogP contribution in [0.3, 0.4) is 0 Å². The molecule has 1 rings (SSSR count). The first-order valence-corrected chi connectivity index (χ1v) is 6.30. The first-order chi connectivity index (χ1) is 8.81. The second-order valence-corrected chi connectivity index (χ2v) is 5.03. The third-order valence-corrected chi connectivity index (χ3v) is 2.51.